The van der Waals surface area contributed by atoms with E-state index >= 15 is 0 Å². The van der Waals surface area contributed by atoms with E-state index in [1.54, 1.807) is 12.1 Å². The molecule has 4 aromatic carbocycles. The summed E-state index contributed by atoms with van der Waals surface area (Å²) in [5.74, 6) is -2.41. The maximum atomic E-state index is 12.2. The standard InChI is InChI=1S/C37H39F3N2O5/c1-27(2)26-45-34-19-15-31(21-32(34)25-42(23-29-9-5-3-6-10-29)24-30-11-7-4-8-12-30)22-41-33-17-13-28(14-18-33)16-20-35(43)46-47-36(44)37(38,39)40/h3-15,17-19,21,27,41H,16,20,22-26H2,1-2H3. The Bertz CT molecular complexity index is 1520. The van der Waals surface area contributed by atoms with E-state index in [0.29, 0.717) is 25.6 Å². The highest BCUT2D eigenvalue weighted by molar-refractivity contribution is 5.77. The van der Waals surface area contributed by atoms with E-state index in [1.165, 1.54) is 11.1 Å². The molecule has 0 unspecified atom stereocenters. The summed E-state index contributed by atoms with van der Waals surface area (Å²) in [5.41, 5.74) is 6.26. The quantitative estimate of drug-likeness (QED) is 0.103. The average Bonchev–Trinajstić information content (AvgIpc) is 3.05. The van der Waals surface area contributed by atoms with Gasteiger partial charge in [-0.3, -0.25) is 4.90 Å². The number of alkyl halides is 3. The van der Waals surface area contributed by atoms with Crippen LogP contribution in [0, 0.1) is 5.92 Å². The van der Waals surface area contributed by atoms with E-state index in [4.69, 9.17) is 4.74 Å². The summed E-state index contributed by atoms with van der Waals surface area (Å²) in [4.78, 5) is 32.2. The fourth-order valence-corrected chi connectivity index (χ4v) is 4.77. The van der Waals surface area contributed by atoms with Gasteiger partial charge in [-0.25, -0.2) is 19.4 Å². The summed E-state index contributed by atoms with van der Waals surface area (Å²) in [5, 5.41) is 3.42. The summed E-state index contributed by atoms with van der Waals surface area (Å²) < 4.78 is 42.8. The Kier molecular flexibility index (Phi) is 12.8. The minimum atomic E-state index is -5.24. The summed E-state index contributed by atoms with van der Waals surface area (Å²) in [6.07, 6.45) is -5.29. The number of hydrogen-bond donors (Lipinski definition) is 1. The second-order valence-corrected chi connectivity index (χ2v) is 11.6. The van der Waals surface area contributed by atoms with Gasteiger partial charge in [0, 0.05) is 37.4 Å². The molecule has 248 valence electrons. The molecule has 4 aromatic rings. The highest BCUT2D eigenvalue weighted by Crippen LogP contribution is 2.26. The predicted octanol–water partition coefficient (Wildman–Crippen LogP) is 8.03. The summed E-state index contributed by atoms with van der Waals surface area (Å²) in [7, 11) is 0. The third-order valence-corrected chi connectivity index (χ3v) is 7.10. The zero-order chi connectivity index (χ0) is 33.6. The van der Waals surface area contributed by atoms with Gasteiger partial charge >= 0.3 is 18.1 Å². The van der Waals surface area contributed by atoms with Crippen LogP contribution in [-0.2, 0) is 52.0 Å². The van der Waals surface area contributed by atoms with E-state index in [9.17, 15) is 22.8 Å². The van der Waals surface area contributed by atoms with Crippen LogP contribution in [0.5, 0.6) is 5.75 Å². The van der Waals surface area contributed by atoms with Gasteiger partial charge in [0.1, 0.15) is 5.75 Å². The Hall–Kier alpha value is -4.83. The predicted molar refractivity (Wildman–Crippen MR) is 173 cm³/mol. The number of rotatable bonds is 15. The first-order valence-electron chi connectivity index (χ1n) is 15.4. The highest BCUT2D eigenvalue weighted by atomic mass is 19.4. The normalized spacial score (nSPS) is 11.4. The lowest BCUT2D eigenvalue weighted by molar-refractivity contribution is -0.285. The number of nitrogens with zero attached hydrogens (tertiary/aromatic N) is 1. The molecule has 0 amide bonds. The van der Waals surface area contributed by atoms with E-state index in [2.05, 4.69) is 94.5 Å². The molecule has 0 heterocycles. The Morgan fingerprint density at radius 2 is 1.34 bits per heavy atom. The number of anilines is 1. The molecule has 0 radical (unpaired) electrons. The van der Waals surface area contributed by atoms with Crippen molar-refractivity contribution >= 4 is 17.6 Å². The van der Waals surface area contributed by atoms with Crippen LogP contribution in [0.25, 0.3) is 0 Å². The molecular weight excluding hydrogens is 609 g/mol. The van der Waals surface area contributed by atoms with Gasteiger partial charge in [0.2, 0.25) is 0 Å². The molecule has 47 heavy (non-hydrogen) atoms. The molecule has 0 saturated heterocycles. The molecule has 1 N–H and O–H groups in total. The SMILES string of the molecule is CC(C)COc1ccc(CNc2ccc(CCC(=O)OOC(=O)C(F)(F)F)cc2)cc1CN(Cc1ccccc1)Cc1ccccc1. The molecule has 0 bridgehead atoms. The third-order valence-electron chi connectivity index (χ3n) is 7.10. The van der Waals surface area contributed by atoms with Crippen molar-refractivity contribution in [3.63, 3.8) is 0 Å². The van der Waals surface area contributed by atoms with Crippen molar-refractivity contribution in [3.8, 4) is 5.75 Å². The van der Waals surface area contributed by atoms with Crippen LogP contribution in [0.1, 0.15) is 48.1 Å². The Morgan fingerprint density at radius 3 is 1.91 bits per heavy atom. The Labute approximate surface area is 273 Å². The molecule has 0 aliphatic heterocycles. The maximum absolute atomic E-state index is 12.2. The number of halogens is 3. The van der Waals surface area contributed by atoms with Gasteiger partial charge in [-0.15, -0.1) is 0 Å². The van der Waals surface area contributed by atoms with Gasteiger partial charge in [0.15, 0.2) is 0 Å². The lowest BCUT2D eigenvalue weighted by Gasteiger charge is -2.25. The van der Waals surface area contributed by atoms with E-state index in [0.717, 1.165) is 41.2 Å². The van der Waals surface area contributed by atoms with Crippen molar-refractivity contribution in [2.75, 3.05) is 11.9 Å². The molecule has 4 rings (SSSR count). The zero-order valence-corrected chi connectivity index (χ0v) is 26.5. The van der Waals surface area contributed by atoms with Gasteiger partial charge in [-0.05, 0) is 58.9 Å². The van der Waals surface area contributed by atoms with Crippen LogP contribution in [0.3, 0.4) is 0 Å². The monoisotopic (exact) mass is 648 g/mol. The Balaban J connectivity index is 1.40. The largest absolute Gasteiger partial charge is 0.495 e. The van der Waals surface area contributed by atoms with E-state index in [1.807, 2.05) is 30.3 Å². The summed E-state index contributed by atoms with van der Waals surface area (Å²) >= 11 is 0. The van der Waals surface area contributed by atoms with E-state index in [-0.39, 0.29) is 12.8 Å². The van der Waals surface area contributed by atoms with Crippen molar-refractivity contribution < 1.29 is 37.3 Å². The molecule has 0 aromatic heterocycles. The van der Waals surface area contributed by atoms with Crippen molar-refractivity contribution in [2.24, 2.45) is 5.92 Å². The average molecular weight is 649 g/mol. The van der Waals surface area contributed by atoms with Gasteiger partial charge < -0.3 is 10.1 Å². The Morgan fingerprint density at radius 1 is 0.745 bits per heavy atom. The van der Waals surface area contributed by atoms with Crippen LogP contribution in [0.4, 0.5) is 18.9 Å². The van der Waals surface area contributed by atoms with Gasteiger partial charge in [0.05, 0.1) is 13.0 Å². The minimum absolute atomic E-state index is 0.201. The van der Waals surface area contributed by atoms with Crippen LogP contribution in [-0.4, -0.2) is 29.6 Å². The number of carbonyl (C=O) groups excluding carboxylic acids is 2. The first kappa shape index (κ1) is 35.0. The molecular formula is C37H39F3N2O5. The van der Waals surface area contributed by atoms with Gasteiger partial charge in [0.25, 0.3) is 0 Å². The highest BCUT2D eigenvalue weighted by Gasteiger charge is 2.43. The topological polar surface area (TPSA) is 77.1 Å². The molecule has 0 atom stereocenters. The summed E-state index contributed by atoms with van der Waals surface area (Å²) in [6, 6.07) is 34.4. The summed E-state index contributed by atoms with van der Waals surface area (Å²) in [6.45, 7) is 7.69. The fraction of sp³-hybridized carbons (Fsp3) is 0.297. The number of carbonyl (C=O) groups is 2. The van der Waals surface area contributed by atoms with E-state index < -0.39 is 18.1 Å². The smallest absolute Gasteiger partial charge is 0.493 e. The van der Waals surface area contributed by atoms with Crippen molar-refractivity contribution in [3.05, 3.63) is 131 Å². The third kappa shape index (κ3) is 12.1. The number of aryl methyl sites for hydroxylation is 1. The van der Waals surface area contributed by atoms with Crippen molar-refractivity contribution in [1.82, 2.24) is 4.90 Å². The molecule has 0 aliphatic carbocycles. The number of ether oxygens (including phenoxy) is 1. The fourth-order valence-electron chi connectivity index (χ4n) is 4.77. The van der Waals surface area contributed by atoms with Gasteiger partial charge in [-0.2, -0.15) is 13.2 Å². The molecule has 7 nitrogen and oxygen atoms in total. The van der Waals surface area contributed by atoms with Crippen LogP contribution >= 0.6 is 0 Å². The van der Waals surface area contributed by atoms with Crippen molar-refractivity contribution in [1.29, 1.82) is 0 Å². The zero-order valence-electron chi connectivity index (χ0n) is 26.5. The molecule has 0 aliphatic rings. The second-order valence-electron chi connectivity index (χ2n) is 11.6. The van der Waals surface area contributed by atoms with Crippen LogP contribution in [0.15, 0.2) is 103 Å². The number of hydrogen-bond acceptors (Lipinski definition) is 7. The number of nitrogens with one attached hydrogen (secondary N) is 1. The molecule has 0 saturated carbocycles. The van der Waals surface area contributed by atoms with Gasteiger partial charge in [-0.1, -0.05) is 92.7 Å². The molecule has 10 heteroatoms. The van der Waals surface area contributed by atoms with Crippen molar-refractivity contribution in [2.45, 2.75) is 59.0 Å². The lowest BCUT2D eigenvalue weighted by atomic mass is 10.1. The van der Waals surface area contributed by atoms with Crippen LogP contribution in [0.2, 0.25) is 0 Å². The molecule has 0 spiro atoms. The second kappa shape index (κ2) is 17.2. The first-order valence-corrected chi connectivity index (χ1v) is 15.4. The lowest BCUT2D eigenvalue weighted by Crippen LogP contribution is -2.26. The first-order chi connectivity index (χ1) is 22.5. The maximum Gasteiger partial charge on any atom is 0.495 e. The van der Waals surface area contributed by atoms with Crippen LogP contribution < -0.4 is 10.1 Å². The number of benzene rings is 4. The minimum Gasteiger partial charge on any atom is -0.493 e. The molecule has 0 fully saturated rings.